The van der Waals surface area contributed by atoms with Gasteiger partial charge in [0, 0.05) is 54.5 Å². The van der Waals surface area contributed by atoms with Gasteiger partial charge < -0.3 is 10.6 Å². The molecule has 1 saturated heterocycles. The van der Waals surface area contributed by atoms with Crippen LogP contribution in [0.2, 0.25) is 0 Å². The van der Waals surface area contributed by atoms with E-state index >= 15 is 0 Å². The number of aromatic nitrogens is 4. The summed E-state index contributed by atoms with van der Waals surface area (Å²) in [6.45, 7) is 2.05. The molecule has 0 aromatic carbocycles. The quantitative estimate of drug-likeness (QED) is 0.664. The third-order valence-electron chi connectivity index (χ3n) is 7.80. The molecule has 1 spiro atoms. The molecule has 0 unspecified atom stereocenters. The van der Waals surface area contributed by atoms with Gasteiger partial charge in [0.15, 0.2) is 5.65 Å². The maximum atomic E-state index is 6.49. The minimum atomic E-state index is 0.362. The number of nitrogens with two attached hydrogens (primary N) is 1. The van der Waals surface area contributed by atoms with Crippen LogP contribution in [0.5, 0.6) is 0 Å². The molecule has 1 aliphatic heterocycles. The van der Waals surface area contributed by atoms with E-state index < -0.39 is 0 Å². The zero-order chi connectivity index (χ0) is 20.8. The number of hydrogen-bond donors (Lipinski definition) is 1. The van der Waals surface area contributed by atoms with Crippen molar-refractivity contribution in [3.8, 4) is 0 Å². The molecule has 2 aliphatic carbocycles. The summed E-state index contributed by atoms with van der Waals surface area (Å²) in [5.74, 6) is 1.01. The monoisotopic (exact) mass is 434 g/mol. The summed E-state index contributed by atoms with van der Waals surface area (Å²) in [4.78, 5) is 19.1. The summed E-state index contributed by atoms with van der Waals surface area (Å²) < 4.78 is 2.17. The Kier molecular flexibility index (Phi) is 4.91. The van der Waals surface area contributed by atoms with Crippen LogP contribution < -0.4 is 10.6 Å². The second kappa shape index (κ2) is 7.78. The Hall–Kier alpha value is -2.12. The third-order valence-corrected chi connectivity index (χ3v) is 8.91. The summed E-state index contributed by atoms with van der Waals surface area (Å²) in [6.07, 6.45) is 18.8. The van der Waals surface area contributed by atoms with Crippen molar-refractivity contribution in [1.82, 2.24) is 19.4 Å². The van der Waals surface area contributed by atoms with Crippen molar-refractivity contribution in [2.75, 3.05) is 18.0 Å². The Morgan fingerprint density at radius 3 is 2.68 bits per heavy atom. The minimum absolute atomic E-state index is 0.362. The molecule has 6 nitrogen and oxygen atoms in total. The van der Waals surface area contributed by atoms with Gasteiger partial charge in [0.2, 0.25) is 5.95 Å². The Balaban J connectivity index is 1.28. The van der Waals surface area contributed by atoms with Gasteiger partial charge in [-0.2, -0.15) is 0 Å². The molecule has 7 heteroatoms. The molecule has 6 rings (SSSR count). The molecular weight excluding hydrogens is 404 g/mol. The van der Waals surface area contributed by atoms with Crippen LogP contribution >= 0.6 is 11.8 Å². The zero-order valence-corrected chi connectivity index (χ0v) is 18.8. The number of rotatable bonds is 3. The van der Waals surface area contributed by atoms with Gasteiger partial charge in [-0.15, -0.1) is 0 Å². The van der Waals surface area contributed by atoms with Crippen LogP contribution in [-0.2, 0) is 12.8 Å². The molecule has 2 N–H and O–H groups in total. The van der Waals surface area contributed by atoms with E-state index in [2.05, 4.69) is 26.5 Å². The van der Waals surface area contributed by atoms with E-state index in [1.807, 2.05) is 18.6 Å². The van der Waals surface area contributed by atoms with Crippen LogP contribution in [0.4, 0.5) is 5.95 Å². The number of nitrogens with zero attached hydrogens (tertiary/aromatic N) is 5. The lowest BCUT2D eigenvalue weighted by molar-refractivity contribution is 0.197. The molecule has 1 atom stereocenters. The van der Waals surface area contributed by atoms with Crippen molar-refractivity contribution in [2.24, 2.45) is 11.1 Å². The number of aryl methyl sites for hydroxylation is 1. The normalized spacial score (nSPS) is 22.9. The first kappa shape index (κ1) is 19.6. The smallest absolute Gasteiger partial charge is 0.211 e. The fourth-order valence-corrected chi connectivity index (χ4v) is 6.99. The number of imidazole rings is 1. The molecule has 3 aromatic rings. The molecule has 2 fully saturated rings. The first-order chi connectivity index (χ1) is 15.2. The van der Waals surface area contributed by atoms with E-state index in [0.717, 1.165) is 42.4 Å². The zero-order valence-electron chi connectivity index (χ0n) is 18.0. The van der Waals surface area contributed by atoms with Crippen LogP contribution in [0.3, 0.4) is 0 Å². The molecule has 0 radical (unpaired) electrons. The Bertz CT molecular complexity index is 1100. The average Bonchev–Trinajstić information content (AvgIpc) is 3.43. The Labute approximate surface area is 187 Å². The van der Waals surface area contributed by atoms with Gasteiger partial charge in [-0.25, -0.2) is 9.97 Å². The molecule has 4 heterocycles. The molecule has 3 aliphatic rings. The van der Waals surface area contributed by atoms with Gasteiger partial charge in [0.25, 0.3) is 0 Å². The van der Waals surface area contributed by atoms with Gasteiger partial charge in [0.1, 0.15) is 0 Å². The molecular formula is C24H30N6S. The van der Waals surface area contributed by atoms with Crippen LogP contribution in [0, 0.1) is 5.41 Å². The number of hydrogen-bond acceptors (Lipinski definition) is 6. The summed E-state index contributed by atoms with van der Waals surface area (Å²) in [6, 6.07) is 2.53. The fraction of sp³-hybridized carbons (Fsp3) is 0.542. The van der Waals surface area contributed by atoms with Crippen molar-refractivity contribution in [1.29, 1.82) is 0 Å². The number of piperidine rings is 1. The number of pyridine rings is 1. The predicted molar refractivity (Wildman–Crippen MR) is 124 cm³/mol. The molecule has 31 heavy (non-hydrogen) atoms. The summed E-state index contributed by atoms with van der Waals surface area (Å²) in [5, 5.41) is 0. The Morgan fingerprint density at radius 1 is 0.968 bits per heavy atom. The molecule has 3 aromatic heterocycles. The van der Waals surface area contributed by atoms with Crippen LogP contribution in [0.15, 0.2) is 40.6 Å². The maximum Gasteiger partial charge on any atom is 0.211 e. The van der Waals surface area contributed by atoms with Crippen molar-refractivity contribution >= 4 is 23.4 Å². The SMILES string of the molecule is N[C@@H]1CCCC12CCN(c1ncc(Sc3ccnc4c3CCCC4)c3nccn13)CC2. The summed E-state index contributed by atoms with van der Waals surface area (Å²) in [5.41, 5.74) is 10.5. The molecule has 0 amide bonds. The standard InChI is InChI=1S/C24H30N6S/c25-21-6-3-8-24(21)9-13-29(14-10-24)23-28-16-20(22-27-12-15-30(22)23)31-19-7-11-26-18-5-2-1-4-17(18)19/h7,11-12,15-16,21H,1-6,8-10,13-14,25H2/t21-/m1/s1. The first-order valence-corrected chi connectivity index (χ1v) is 12.5. The lowest BCUT2D eigenvalue weighted by Gasteiger charge is -2.42. The first-order valence-electron chi connectivity index (χ1n) is 11.7. The van der Waals surface area contributed by atoms with Gasteiger partial charge in [0.05, 0.1) is 4.90 Å². The third kappa shape index (κ3) is 3.33. The lowest BCUT2D eigenvalue weighted by atomic mass is 9.74. The number of anilines is 1. The van der Waals surface area contributed by atoms with E-state index in [9.17, 15) is 0 Å². The van der Waals surface area contributed by atoms with Crippen molar-refractivity contribution in [2.45, 2.75) is 73.6 Å². The highest BCUT2D eigenvalue weighted by Gasteiger charge is 2.43. The van der Waals surface area contributed by atoms with Gasteiger partial charge in [-0.1, -0.05) is 18.2 Å². The van der Waals surface area contributed by atoms with Crippen LogP contribution in [-0.4, -0.2) is 38.5 Å². The van der Waals surface area contributed by atoms with Gasteiger partial charge in [-0.05, 0) is 68.4 Å². The summed E-state index contributed by atoms with van der Waals surface area (Å²) >= 11 is 1.79. The molecule has 1 saturated carbocycles. The topological polar surface area (TPSA) is 72.3 Å². The van der Waals surface area contributed by atoms with Crippen molar-refractivity contribution in [3.63, 3.8) is 0 Å². The predicted octanol–water partition coefficient (Wildman–Crippen LogP) is 4.25. The van der Waals surface area contributed by atoms with E-state index in [4.69, 9.17) is 15.7 Å². The minimum Gasteiger partial charge on any atom is -0.342 e. The van der Waals surface area contributed by atoms with E-state index in [1.165, 1.54) is 61.1 Å². The van der Waals surface area contributed by atoms with Crippen LogP contribution in [0.1, 0.15) is 56.2 Å². The second-order valence-electron chi connectivity index (χ2n) is 9.43. The highest BCUT2D eigenvalue weighted by molar-refractivity contribution is 7.99. The van der Waals surface area contributed by atoms with Crippen molar-refractivity contribution < 1.29 is 0 Å². The van der Waals surface area contributed by atoms with E-state index in [0.29, 0.717) is 11.5 Å². The van der Waals surface area contributed by atoms with E-state index in [-0.39, 0.29) is 0 Å². The van der Waals surface area contributed by atoms with Gasteiger partial charge in [-0.3, -0.25) is 9.38 Å². The van der Waals surface area contributed by atoms with Crippen LogP contribution in [0.25, 0.3) is 5.65 Å². The summed E-state index contributed by atoms with van der Waals surface area (Å²) in [7, 11) is 0. The van der Waals surface area contributed by atoms with Crippen molar-refractivity contribution in [3.05, 3.63) is 42.1 Å². The van der Waals surface area contributed by atoms with Gasteiger partial charge >= 0.3 is 0 Å². The van der Waals surface area contributed by atoms with E-state index in [1.54, 1.807) is 11.8 Å². The Morgan fingerprint density at radius 2 is 1.84 bits per heavy atom. The lowest BCUT2D eigenvalue weighted by Crippen LogP contribution is -2.47. The largest absolute Gasteiger partial charge is 0.342 e. The number of fused-ring (bicyclic) bond motifs is 2. The average molecular weight is 435 g/mol. The second-order valence-corrected chi connectivity index (χ2v) is 10.5. The highest BCUT2D eigenvalue weighted by atomic mass is 32.2. The highest BCUT2D eigenvalue weighted by Crippen LogP contribution is 2.46. The maximum absolute atomic E-state index is 6.49. The molecule has 162 valence electrons. The fourth-order valence-electron chi connectivity index (χ4n) is 5.93. The molecule has 0 bridgehead atoms.